The zero-order chi connectivity index (χ0) is 24.2. The van der Waals surface area contributed by atoms with Gasteiger partial charge in [-0.25, -0.2) is 4.98 Å². The number of fused-ring (bicyclic) bond motifs is 1. The molecule has 3 aromatic rings. The second kappa shape index (κ2) is 10.6. The van der Waals surface area contributed by atoms with Crippen LogP contribution in [0.3, 0.4) is 0 Å². The van der Waals surface area contributed by atoms with Gasteiger partial charge >= 0.3 is 0 Å². The smallest absolute Gasteiger partial charge is 0.261 e. The van der Waals surface area contributed by atoms with E-state index < -0.39 is 0 Å². The summed E-state index contributed by atoms with van der Waals surface area (Å²) in [5.41, 5.74) is 2.22. The highest BCUT2D eigenvalue weighted by Gasteiger charge is 2.24. The number of nitrogens with zero attached hydrogens (tertiary/aromatic N) is 2. The van der Waals surface area contributed by atoms with Crippen molar-refractivity contribution in [3.8, 4) is 5.75 Å². The van der Waals surface area contributed by atoms with E-state index in [1.54, 1.807) is 23.1 Å². The number of para-hydroxylation sites is 1. The zero-order valence-electron chi connectivity index (χ0n) is 19.8. The summed E-state index contributed by atoms with van der Waals surface area (Å²) in [4.78, 5) is 34.8. The lowest BCUT2D eigenvalue weighted by molar-refractivity contribution is -0.135. The van der Waals surface area contributed by atoms with E-state index >= 15 is 0 Å². The Kier molecular flexibility index (Phi) is 7.54. The number of rotatable bonds is 8. The summed E-state index contributed by atoms with van der Waals surface area (Å²) < 4.78 is 11.8. The highest BCUT2D eigenvalue weighted by atomic mass is 35.5. The van der Waals surface area contributed by atoms with Crippen LogP contribution in [0.5, 0.6) is 5.75 Å². The molecule has 1 aliphatic heterocycles. The summed E-state index contributed by atoms with van der Waals surface area (Å²) >= 11 is 6.30. The number of amides is 1. The third kappa shape index (κ3) is 5.59. The number of nitrogens with one attached hydrogen (secondary N) is 1. The fraction of sp³-hybridized carbons (Fsp3) is 0.423. The van der Waals surface area contributed by atoms with E-state index in [2.05, 4.69) is 23.8 Å². The Hall–Kier alpha value is -2.90. The average Bonchev–Trinajstić information content (AvgIpc) is 3.32. The van der Waals surface area contributed by atoms with Crippen molar-refractivity contribution in [2.75, 3.05) is 19.8 Å². The number of hydrogen-bond acceptors (Lipinski definition) is 5. The minimum Gasteiger partial charge on any atom is -0.483 e. The number of carbonyl (C=O) groups is 1. The fourth-order valence-electron chi connectivity index (χ4n) is 4.16. The van der Waals surface area contributed by atoms with Gasteiger partial charge in [-0.05, 0) is 61.1 Å². The van der Waals surface area contributed by atoms with Gasteiger partial charge in [-0.2, -0.15) is 0 Å². The van der Waals surface area contributed by atoms with E-state index in [1.165, 1.54) is 0 Å². The molecule has 1 amide bonds. The van der Waals surface area contributed by atoms with Gasteiger partial charge in [-0.15, -0.1) is 0 Å². The molecule has 180 valence electrons. The van der Waals surface area contributed by atoms with Crippen LogP contribution in [0.15, 0.2) is 41.2 Å². The number of benzene rings is 2. The Bertz CT molecular complexity index is 1230. The third-order valence-corrected chi connectivity index (χ3v) is 6.47. The van der Waals surface area contributed by atoms with Crippen molar-refractivity contribution in [3.63, 3.8) is 0 Å². The molecule has 1 atom stereocenters. The molecule has 1 saturated heterocycles. The number of carbonyl (C=O) groups excluding carboxylic acids is 1. The molecular weight excluding hydrogens is 454 g/mol. The van der Waals surface area contributed by atoms with E-state index in [0.29, 0.717) is 40.7 Å². The molecule has 7 nitrogen and oxygen atoms in total. The lowest BCUT2D eigenvalue weighted by atomic mass is 10.0. The summed E-state index contributed by atoms with van der Waals surface area (Å²) in [6, 6.07) is 10.9. The van der Waals surface area contributed by atoms with Crippen LogP contribution in [0, 0.1) is 6.92 Å². The quantitative estimate of drug-likeness (QED) is 0.506. The highest BCUT2D eigenvalue weighted by molar-refractivity contribution is 6.31. The van der Waals surface area contributed by atoms with Crippen molar-refractivity contribution in [1.29, 1.82) is 0 Å². The fourth-order valence-corrected chi connectivity index (χ4v) is 4.33. The maximum Gasteiger partial charge on any atom is 0.261 e. The number of halogens is 1. The maximum atomic E-state index is 13.3. The largest absolute Gasteiger partial charge is 0.483 e. The van der Waals surface area contributed by atoms with Crippen molar-refractivity contribution in [3.05, 3.63) is 68.7 Å². The third-order valence-electron chi connectivity index (χ3n) is 6.07. The second-order valence-electron chi connectivity index (χ2n) is 9.02. The maximum absolute atomic E-state index is 13.3. The zero-order valence-corrected chi connectivity index (χ0v) is 20.5. The molecule has 4 rings (SSSR count). The molecule has 1 N–H and O–H groups in total. The van der Waals surface area contributed by atoms with E-state index in [9.17, 15) is 9.59 Å². The van der Waals surface area contributed by atoms with Crippen molar-refractivity contribution in [2.45, 2.75) is 52.2 Å². The van der Waals surface area contributed by atoms with Gasteiger partial charge in [-0.1, -0.05) is 37.6 Å². The Labute approximate surface area is 204 Å². The number of aryl methyl sites for hydroxylation is 1. The minimum atomic E-state index is -0.223. The minimum absolute atomic E-state index is 0.0415. The van der Waals surface area contributed by atoms with Gasteiger partial charge in [0.25, 0.3) is 11.5 Å². The molecule has 0 saturated carbocycles. The first kappa shape index (κ1) is 24.2. The van der Waals surface area contributed by atoms with E-state index in [-0.39, 0.29) is 36.6 Å². The average molecular weight is 484 g/mol. The topological polar surface area (TPSA) is 84.5 Å². The molecule has 1 aliphatic rings. The van der Waals surface area contributed by atoms with Gasteiger partial charge in [0.2, 0.25) is 0 Å². The first-order valence-electron chi connectivity index (χ1n) is 11.6. The van der Waals surface area contributed by atoms with Crippen LogP contribution in [0.25, 0.3) is 10.9 Å². The van der Waals surface area contributed by atoms with Crippen molar-refractivity contribution in [1.82, 2.24) is 14.9 Å². The molecule has 2 heterocycles. The monoisotopic (exact) mass is 483 g/mol. The van der Waals surface area contributed by atoms with Crippen LogP contribution in [0.2, 0.25) is 5.02 Å². The Morgan fingerprint density at radius 1 is 1.32 bits per heavy atom. The normalized spacial score (nSPS) is 15.7. The van der Waals surface area contributed by atoms with Crippen molar-refractivity contribution in [2.24, 2.45) is 0 Å². The number of aromatic nitrogens is 2. The van der Waals surface area contributed by atoms with Crippen molar-refractivity contribution < 1.29 is 14.3 Å². The summed E-state index contributed by atoms with van der Waals surface area (Å²) in [7, 11) is 0. The van der Waals surface area contributed by atoms with E-state index in [4.69, 9.17) is 21.1 Å². The first-order chi connectivity index (χ1) is 16.3. The molecule has 8 heteroatoms. The summed E-state index contributed by atoms with van der Waals surface area (Å²) in [6.45, 7) is 7.16. The van der Waals surface area contributed by atoms with Gasteiger partial charge in [0, 0.05) is 18.2 Å². The van der Waals surface area contributed by atoms with Crippen LogP contribution in [-0.4, -0.2) is 46.6 Å². The molecule has 2 aromatic carbocycles. The molecule has 0 aliphatic carbocycles. The van der Waals surface area contributed by atoms with Gasteiger partial charge in [-0.3, -0.25) is 9.59 Å². The van der Waals surface area contributed by atoms with Crippen LogP contribution < -0.4 is 10.3 Å². The summed E-state index contributed by atoms with van der Waals surface area (Å²) in [6.07, 6.45) is 1.82. The highest BCUT2D eigenvalue weighted by Crippen LogP contribution is 2.32. The van der Waals surface area contributed by atoms with Gasteiger partial charge < -0.3 is 19.4 Å². The Morgan fingerprint density at radius 3 is 2.85 bits per heavy atom. The number of H-pyrrole nitrogens is 1. The first-order valence-corrected chi connectivity index (χ1v) is 12.0. The molecular formula is C26H30ClN3O4. The van der Waals surface area contributed by atoms with Gasteiger partial charge in [0.1, 0.15) is 11.6 Å². The predicted octanol–water partition coefficient (Wildman–Crippen LogP) is 4.59. The van der Waals surface area contributed by atoms with Crippen LogP contribution in [0.1, 0.15) is 49.6 Å². The van der Waals surface area contributed by atoms with Crippen LogP contribution >= 0.6 is 11.6 Å². The van der Waals surface area contributed by atoms with Gasteiger partial charge in [0.05, 0.1) is 23.6 Å². The molecule has 1 fully saturated rings. The molecule has 34 heavy (non-hydrogen) atoms. The second-order valence-corrected chi connectivity index (χ2v) is 9.43. The molecule has 1 aromatic heterocycles. The van der Waals surface area contributed by atoms with Crippen LogP contribution in [0.4, 0.5) is 0 Å². The van der Waals surface area contributed by atoms with Crippen molar-refractivity contribution >= 4 is 28.4 Å². The van der Waals surface area contributed by atoms with E-state index in [0.717, 1.165) is 24.0 Å². The lowest BCUT2D eigenvalue weighted by Gasteiger charge is -2.25. The summed E-state index contributed by atoms with van der Waals surface area (Å²) in [5, 5.41) is 1.19. The molecule has 0 radical (unpaired) electrons. The SMILES string of the molecule is Cc1cc(OCC(=O)N(Cc2nc3ccccc3c(=O)[nH]2)C[C@H]2CCCO2)c(C(C)C)cc1Cl. The Morgan fingerprint density at radius 2 is 2.12 bits per heavy atom. The Balaban J connectivity index is 1.55. The standard InChI is InChI=1S/C26H30ClN3O4/c1-16(2)20-12-21(27)17(3)11-23(20)34-15-25(31)30(13-18-7-6-10-33-18)14-24-28-22-9-5-4-8-19(22)26(32)29-24/h4-5,8-9,11-12,16,18H,6-7,10,13-15H2,1-3H3,(H,28,29,32)/t18-/m1/s1. The molecule has 0 spiro atoms. The molecule has 0 bridgehead atoms. The number of hydrogen-bond donors (Lipinski definition) is 1. The summed E-state index contributed by atoms with van der Waals surface area (Å²) in [5.74, 6) is 1.08. The van der Waals surface area contributed by atoms with Gasteiger partial charge in [0.15, 0.2) is 6.61 Å². The molecule has 0 unspecified atom stereocenters. The van der Waals surface area contributed by atoms with E-state index in [1.807, 2.05) is 25.1 Å². The van der Waals surface area contributed by atoms with Crippen LogP contribution in [-0.2, 0) is 16.1 Å². The predicted molar refractivity (Wildman–Crippen MR) is 133 cm³/mol. The number of ether oxygens (including phenoxy) is 2. The number of aromatic amines is 1. The lowest BCUT2D eigenvalue weighted by Crippen LogP contribution is -2.40.